The molecule has 0 aliphatic heterocycles. The molecule has 2 N–H and O–H groups in total. The Morgan fingerprint density at radius 2 is 2.00 bits per heavy atom. The zero-order valence-electron chi connectivity index (χ0n) is 12.1. The second-order valence-corrected chi connectivity index (χ2v) is 4.94. The summed E-state index contributed by atoms with van der Waals surface area (Å²) in [4.78, 5) is 15.5. The molecule has 6 heteroatoms. The Hall–Kier alpha value is -3.46. The number of primary amides is 1. The van der Waals surface area contributed by atoms with Crippen LogP contribution in [0.3, 0.4) is 0 Å². The van der Waals surface area contributed by atoms with Crippen LogP contribution < -0.4 is 5.73 Å². The average Bonchev–Trinajstić information content (AvgIpc) is 3.04. The highest BCUT2D eigenvalue weighted by Gasteiger charge is 2.11. The van der Waals surface area contributed by atoms with Crippen molar-refractivity contribution in [1.29, 1.82) is 5.26 Å². The van der Waals surface area contributed by atoms with Crippen molar-refractivity contribution in [3.8, 4) is 17.5 Å². The monoisotopic (exact) mass is 304 g/mol. The molecule has 0 fully saturated rings. The Kier molecular flexibility index (Phi) is 3.85. The smallest absolute Gasteiger partial charge is 0.248 e. The molecule has 3 aromatic rings. The van der Waals surface area contributed by atoms with Gasteiger partial charge in [-0.15, -0.1) is 0 Å². The van der Waals surface area contributed by atoms with E-state index in [0.29, 0.717) is 34.8 Å². The number of amides is 1. The van der Waals surface area contributed by atoms with Gasteiger partial charge in [0.25, 0.3) is 0 Å². The van der Waals surface area contributed by atoms with E-state index >= 15 is 0 Å². The Labute approximate surface area is 132 Å². The standard InChI is InChI=1S/C17H12N4O2/c18-10-12-6-4-11(5-7-12)8-15-20-17(21-23-15)14-3-1-2-13(9-14)16(19)22/h1-7,9H,8H2,(H2,19,22). The van der Waals surface area contributed by atoms with Crippen LogP contribution in [0.1, 0.15) is 27.4 Å². The van der Waals surface area contributed by atoms with E-state index in [0.717, 1.165) is 5.56 Å². The molecular formula is C17H12N4O2. The molecular weight excluding hydrogens is 292 g/mol. The summed E-state index contributed by atoms with van der Waals surface area (Å²) in [5.41, 5.74) is 7.88. The summed E-state index contributed by atoms with van der Waals surface area (Å²) in [6.45, 7) is 0. The third-order valence-corrected chi connectivity index (χ3v) is 3.31. The molecule has 0 saturated carbocycles. The third kappa shape index (κ3) is 3.24. The lowest BCUT2D eigenvalue weighted by Gasteiger charge is -1.98. The first kappa shape index (κ1) is 14.5. The molecule has 0 aliphatic carbocycles. The molecule has 0 atom stereocenters. The first-order chi connectivity index (χ1) is 11.2. The van der Waals surface area contributed by atoms with Gasteiger partial charge < -0.3 is 10.3 Å². The first-order valence-corrected chi connectivity index (χ1v) is 6.87. The first-order valence-electron chi connectivity index (χ1n) is 6.87. The molecule has 1 aromatic heterocycles. The lowest BCUT2D eigenvalue weighted by atomic mass is 10.1. The number of nitrogens with zero attached hydrogens (tertiary/aromatic N) is 3. The maximum Gasteiger partial charge on any atom is 0.248 e. The zero-order valence-corrected chi connectivity index (χ0v) is 12.1. The van der Waals surface area contributed by atoms with Crippen molar-refractivity contribution in [2.45, 2.75) is 6.42 Å². The fourth-order valence-electron chi connectivity index (χ4n) is 2.13. The number of aromatic nitrogens is 2. The van der Waals surface area contributed by atoms with Crippen molar-refractivity contribution < 1.29 is 9.32 Å². The van der Waals surface area contributed by atoms with Crippen LogP contribution >= 0.6 is 0 Å². The summed E-state index contributed by atoms with van der Waals surface area (Å²) in [5, 5.41) is 12.7. The predicted molar refractivity (Wildman–Crippen MR) is 82.2 cm³/mol. The number of nitriles is 1. The topological polar surface area (TPSA) is 106 Å². The molecule has 0 spiro atoms. The third-order valence-electron chi connectivity index (χ3n) is 3.31. The molecule has 1 amide bonds. The van der Waals surface area contributed by atoms with Crippen molar-refractivity contribution in [3.05, 3.63) is 71.1 Å². The van der Waals surface area contributed by atoms with Crippen LogP contribution in [-0.2, 0) is 6.42 Å². The van der Waals surface area contributed by atoms with Crippen LogP contribution in [0.4, 0.5) is 0 Å². The van der Waals surface area contributed by atoms with Crippen molar-refractivity contribution >= 4 is 5.91 Å². The summed E-state index contributed by atoms with van der Waals surface area (Å²) in [6, 6.07) is 16.0. The molecule has 0 saturated heterocycles. The number of hydrogen-bond donors (Lipinski definition) is 1. The fourth-order valence-corrected chi connectivity index (χ4v) is 2.13. The normalized spacial score (nSPS) is 10.2. The molecule has 112 valence electrons. The minimum Gasteiger partial charge on any atom is -0.366 e. The Bertz CT molecular complexity index is 891. The van der Waals surface area contributed by atoms with Gasteiger partial charge in [0.15, 0.2) is 0 Å². The molecule has 0 radical (unpaired) electrons. The maximum absolute atomic E-state index is 11.2. The summed E-state index contributed by atoms with van der Waals surface area (Å²) < 4.78 is 5.24. The predicted octanol–water partition coefficient (Wildman–Crippen LogP) is 2.30. The molecule has 23 heavy (non-hydrogen) atoms. The van der Waals surface area contributed by atoms with Gasteiger partial charge in [-0.2, -0.15) is 10.2 Å². The van der Waals surface area contributed by atoms with Crippen LogP contribution in [0.25, 0.3) is 11.4 Å². The number of rotatable bonds is 4. The second kappa shape index (κ2) is 6.12. The highest BCUT2D eigenvalue weighted by molar-refractivity contribution is 5.93. The van der Waals surface area contributed by atoms with Crippen molar-refractivity contribution in [1.82, 2.24) is 10.1 Å². The van der Waals surface area contributed by atoms with Gasteiger partial charge >= 0.3 is 0 Å². The van der Waals surface area contributed by atoms with E-state index in [2.05, 4.69) is 16.2 Å². The lowest BCUT2D eigenvalue weighted by Crippen LogP contribution is -2.10. The highest BCUT2D eigenvalue weighted by atomic mass is 16.5. The van der Waals surface area contributed by atoms with E-state index in [1.54, 1.807) is 36.4 Å². The summed E-state index contributed by atoms with van der Waals surface area (Å²) >= 11 is 0. The number of hydrogen-bond acceptors (Lipinski definition) is 5. The molecule has 6 nitrogen and oxygen atoms in total. The Morgan fingerprint density at radius 3 is 2.70 bits per heavy atom. The van der Waals surface area contributed by atoms with Gasteiger partial charge in [0.05, 0.1) is 18.1 Å². The second-order valence-electron chi connectivity index (χ2n) is 4.94. The minimum atomic E-state index is -0.506. The number of benzene rings is 2. The molecule has 3 rings (SSSR count). The van der Waals surface area contributed by atoms with Crippen molar-refractivity contribution in [2.75, 3.05) is 0 Å². The quantitative estimate of drug-likeness (QED) is 0.796. The number of nitrogens with two attached hydrogens (primary N) is 1. The van der Waals surface area contributed by atoms with Crippen LogP contribution in [0.15, 0.2) is 53.1 Å². The number of carbonyl (C=O) groups is 1. The largest absolute Gasteiger partial charge is 0.366 e. The summed E-state index contributed by atoms with van der Waals surface area (Å²) in [6.07, 6.45) is 0.466. The Morgan fingerprint density at radius 1 is 1.22 bits per heavy atom. The van der Waals surface area contributed by atoms with Gasteiger partial charge in [0.1, 0.15) is 0 Å². The van der Waals surface area contributed by atoms with Gasteiger partial charge in [-0.25, -0.2) is 0 Å². The van der Waals surface area contributed by atoms with Crippen molar-refractivity contribution in [2.24, 2.45) is 5.73 Å². The Balaban J connectivity index is 1.81. The van der Waals surface area contributed by atoms with Crippen molar-refractivity contribution in [3.63, 3.8) is 0 Å². The lowest BCUT2D eigenvalue weighted by molar-refractivity contribution is 0.100. The fraction of sp³-hybridized carbons (Fsp3) is 0.0588. The van der Waals surface area contributed by atoms with E-state index in [1.807, 2.05) is 12.1 Å². The molecule has 1 heterocycles. The van der Waals surface area contributed by atoms with Crippen LogP contribution in [0.5, 0.6) is 0 Å². The van der Waals surface area contributed by atoms with Crippen LogP contribution in [0, 0.1) is 11.3 Å². The zero-order chi connectivity index (χ0) is 16.2. The van der Waals surface area contributed by atoms with E-state index in [4.69, 9.17) is 15.5 Å². The highest BCUT2D eigenvalue weighted by Crippen LogP contribution is 2.18. The van der Waals surface area contributed by atoms with Gasteiger partial charge in [-0.3, -0.25) is 4.79 Å². The summed E-state index contributed by atoms with van der Waals surface area (Å²) in [7, 11) is 0. The van der Waals surface area contributed by atoms with E-state index in [9.17, 15) is 4.79 Å². The van der Waals surface area contributed by atoms with E-state index in [-0.39, 0.29) is 0 Å². The van der Waals surface area contributed by atoms with Gasteiger partial charge in [-0.05, 0) is 29.8 Å². The van der Waals surface area contributed by atoms with Crippen LogP contribution in [0.2, 0.25) is 0 Å². The number of carbonyl (C=O) groups excluding carboxylic acids is 1. The SMILES string of the molecule is N#Cc1ccc(Cc2nc(-c3cccc(C(N)=O)c3)no2)cc1. The van der Waals surface area contributed by atoms with Gasteiger partial charge in [0, 0.05) is 11.1 Å². The minimum absolute atomic E-state index is 0.390. The molecule has 0 unspecified atom stereocenters. The van der Waals surface area contributed by atoms with Gasteiger partial charge in [0.2, 0.25) is 17.6 Å². The molecule has 2 aromatic carbocycles. The molecule has 0 aliphatic rings. The van der Waals surface area contributed by atoms with Crippen LogP contribution in [-0.4, -0.2) is 16.0 Å². The van der Waals surface area contributed by atoms with Gasteiger partial charge in [-0.1, -0.05) is 29.4 Å². The maximum atomic E-state index is 11.2. The molecule has 0 bridgehead atoms. The van der Waals surface area contributed by atoms with E-state index < -0.39 is 5.91 Å². The summed E-state index contributed by atoms with van der Waals surface area (Å²) in [5.74, 6) is 0.346. The average molecular weight is 304 g/mol. The van der Waals surface area contributed by atoms with E-state index in [1.165, 1.54) is 0 Å².